The first-order valence-corrected chi connectivity index (χ1v) is 8.29. The molecule has 0 heterocycles. The Bertz CT molecular complexity index is 385. The summed E-state index contributed by atoms with van der Waals surface area (Å²) in [6.07, 6.45) is 7.99. The summed E-state index contributed by atoms with van der Waals surface area (Å²) in [5.74, 6) is 1.91. The highest BCUT2D eigenvalue weighted by Gasteiger charge is 2.21. The van der Waals surface area contributed by atoms with Crippen molar-refractivity contribution in [2.24, 2.45) is 5.92 Å². The zero-order valence-corrected chi connectivity index (χ0v) is 13.0. The van der Waals surface area contributed by atoms with Gasteiger partial charge >= 0.3 is 0 Å². The van der Waals surface area contributed by atoms with Crippen molar-refractivity contribution in [2.75, 3.05) is 13.2 Å². The van der Waals surface area contributed by atoms with Gasteiger partial charge in [0.15, 0.2) is 0 Å². The van der Waals surface area contributed by atoms with E-state index in [2.05, 4.69) is 43.4 Å². The van der Waals surface area contributed by atoms with Gasteiger partial charge in [-0.15, -0.1) is 0 Å². The van der Waals surface area contributed by atoms with Crippen LogP contribution in [0.2, 0.25) is 0 Å². The highest BCUT2D eigenvalue weighted by molar-refractivity contribution is 5.30. The third kappa shape index (κ3) is 4.52. The van der Waals surface area contributed by atoms with Gasteiger partial charge in [-0.3, -0.25) is 0 Å². The minimum atomic E-state index is 0.480. The zero-order chi connectivity index (χ0) is 14.2. The van der Waals surface area contributed by atoms with Crippen molar-refractivity contribution in [3.8, 4) is 5.75 Å². The molecule has 112 valence electrons. The van der Waals surface area contributed by atoms with E-state index in [1.807, 2.05) is 0 Å². The molecule has 1 aliphatic rings. The molecule has 1 fully saturated rings. The maximum Gasteiger partial charge on any atom is 0.119 e. The Hall–Kier alpha value is -1.02. The smallest absolute Gasteiger partial charge is 0.119 e. The summed E-state index contributed by atoms with van der Waals surface area (Å²) in [7, 11) is 0. The second-order valence-corrected chi connectivity index (χ2v) is 5.92. The van der Waals surface area contributed by atoms with Crippen LogP contribution >= 0.6 is 0 Å². The predicted molar refractivity (Wildman–Crippen MR) is 85.2 cm³/mol. The molecule has 0 aliphatic heterocycles. The normalized spacial score (nSPS) is 17.3. The van der Waals surface area contributed by atoms with E-state index in [1.54, 1.807) is 0 Å². The van der Waals surface area contributed by atoms with Crippen molar-refractivity contribution in [1.29, 1.82) is 0 Å². The lowest BCUT2D eigenvalue weighted by atomic mass is 9.93. The Balaban J connectivity index is 2.02. The van der Waals surface area contributed by atoms with E-state index in [0.29, 0.717) is 6.04 Å². The van der Waals surface area contributed by atoms with Crippen LogP contribution in [0.15, 0.2) is 24.3 Å². The van der Waals surface area contributed by atoms with Crippen LogP contribution in [0.3, 0.4) is 0 Å². The van der Waals surface area contributed by atoms with E-state index < -0.39 is 0 Å². The van der Waals surface area contributed by atoms with Crippen molar-refractivity contribution >= 4 is 0 Å². The maximum absolute atomic E-state index is 5.77. The van der Waals surface area contributed by atoms with E-state index >= 15 is 0 Å². The number of rotatable bonds is 8. The molecule has 1 unspecified atom stereocenters. The molecule has 2 nitrogen and oxygen atoms in total. The predicted octanol–water partition coefficient (Wildman–Crippen LogP) is 4.71. The summed E-state index contributed by atoms with van der Waals surface area (Å²) in [5, 5.41) is 3.65. The number of nitrogens with one attached hydrogen (secondary N) is 1. The minimum absolute atomic E-state index is 0.480. The molecule has 0 saturated heterocycles. The van der Waals surface area contributed by atoms with Gasteiger partial charge in [0.05, 0.1) is 6.61 Å². The van der Waals surface area contributed by atoms with E-state index in [0.717, 1.165) is 31.2 Å². The average molecular weight is 275 g/mol. The van der Waals surface area contributed by atoms with Crippen molar-refractivity contribution in [3.05, 3.63) is 29.8 Å². The highest BCUT2D eigenvalue weighted by Crippen LogP contribution is 2.33. The molecule has 0 bridgehead atoms. The van der Waals surface area contributed by atoms with Gasteiger partial charge in [-0.1, -0.05) is 51.7 Å². The summed E-state index contributed by atoms with van der Waals surface area (Å²) < 4.78 is 5.77. The van der Waals surface area contributed by atoms with Gasteiger partial charge in [0.1, 0.15) is 5.75 Å². The van der Waals surface area contributed by atoms with Gasteiger partial charge in [-0.05, 0) is 43.0 Å². The molecule has 0 amide bonds. The molecule has 20 heavy (non-hydrogen) atoms. The number of hydrogen-bond donors (Lipinski definition) is 1. The van der Waals surface area contributed by atoms with Crippen LogP contribution in [-0.4, -0.2) is 13.2 Å². The van der Waals surface area contributed by atoms with Crippen molar-refractivity contribution in [1.82, 2.24) is 5.32 Å². The molecule has 0 aromatic heterocycles. The van der Waals surface area contributed by atoms with E-state index in [-0.39, 0.29) is 0 Å². The molecule has 2 heteroatoms. The first kappa shape index (κ1) is 15.4. The fraction of sp³-hybridized carbons (Fsp3) is 0.667. The molecule has 0 spiro atoms. The first-order valence-electron chi connectivity index (χ1n) is 8.29. The van der Waals surface area contributed by atoms with Crippen LogP contribution in [-0.2, 0) is 0 Å². The molecule has 0 radical (unpaired) electrons. The van der Waals surface area contributed by atoms with Gasteiger partial charge in [0.25, 0.3) is 0 Å². The highest BCUT2D eigenvalue weighted by atomic mass is 16.5. The second-order valence-electron chi connectivity index (χ2n) is 5.92. The van der Waals surface area contributed by atoms with E-state index in [1.165, 1.54) is 37.7 Å². The SMILES string of the molecule is CCCOc1cccc(C(CC2CCCC2)NCC)c1. The second kappa shape index (κ2) is 8.31. The van der Waals surface area contributed by atoms with Crippen LogP contribution in [0, 0.1) is 5.92 Å². The largest absolute Gasteiger partial charge is 0.494 e. The molecular formula is C18H29NO. The first-order chi connectivity index (χ1) is 9.83. The summed E-state index contributed by atoms with van der Waals surface area (Å²) in [6.45, 7) is 6.17. The molecule has 2 rings (SSSR count). The Labute approximate surface area is 123 Å². The molecular weight excluding hydrogens is 246 g/mol. The number of benzene rings is 1. The van der Waals surface area contributed by atoms with Crippen LogP contribution in [0.5, 0.6) is 5.75 Å². The van der Waals surface area contributed by atoms with Gasteiger partial charge in [-0.25, -0.2) is 0 Å². The molecule has 1 aromatic rings. The van der Waals surface area contributed by atoms with Crippen LogP contribution in [0.1, 0.15) is 64.0 Å². The third-order valence-corrected chi connectivity index (χ3v) is 4.23. The van der Waals surface area contributed by atoms with Gasteiger partial charge in [0.2, 0.25) is 0 Å². The minimum Gasteiger partial charge on any atom is -0.494 e. The summed E-state index contributed by atoms with van der Waals surface area (Å²) in [4.78, 5) is 0. The van der Waals surface area contributed by atoms with Gasteiger partial charge in [-0.2, -0.15) is 0 Å². The Morgan fingerprint density at radius 3 is 2.75 bits per heavy atom. The molecule has 1 saturated carbocycles. The summed E-state index contributed by atoms with van der Waals surface area (Å²) in [5.41, 5.74) is 1.38. The third-order valence-electron chi connectivity index (χ3n) is 4.23. The Morgan fingerprint density at radius 1 is 1.25 bits per heavy atom. The van der Waals surface area contributed by atoms with Crippen LogP contribution in [0.25, 0.3) is 0 Å². The van der Waals surface area contributed by atoms with Gasteiger partial charge in [0, 0.05) is 6.04 Å². The Morgan fingerprint density at radius 2 is 2.05 bits per heavy atom. The fourth-order valence-electron chi connectivity index (χ4n) is 3.20. The lowest BCUT2D eigenvalue weighted by Gasteiger charge is -2.22. The molecule has 1 atom stereocenters. The summed E-state index contributed by atoms with van der Waals surface area (Å²) in [6, 6.07) is 9.13. The standard InChI is InChI=1S/C18H29NO/c1-3-12-20-17-11-7-10-16(14-17)18(19-4-2)13-15-8-5-6-9-15/h7,10-11,14-15,18-19H,3-6,8-9,12-13H2,1-2H3. The maximum atomic E-state index is 5.77. The molecule has 1 N–H and O–H groups in total. The van der Waals surface area contributed by atoms with E-state index in [4.69, 9.17) is 4.74 Å². The van der Waals surface area contributed by atoms with Crippen molar-refractivity contribution in [2.45, 2.75) is 58.4 Å². The van der Waals surface area contributed by atoms with Crippen LogP contribution < -0.4 is 10.1 Å². The number of hydrogen-bond acceptors (Lipinski definition) is 2. The number of ether oxygens (including phenoxy) is 1. The summed E-state index contributed by atoms with van der Waals surface area (Å²) >= 11 is 0. The fourth-order valence-corrected chi connectivity index (χ4v) is 3.20. The van der Waals surface area contributed by atoms with Crippen molar-refractivity contribution < 1.29 is 4.74 Å². The lowest BCUT2D eigenvalue weighted by Crippen LogP contribution is -2.23. The van der Waals surface area contributed by atoms with E-state index in [9.17, 15) is 0 Å². The van der Waals surface area contributed by atoms with Crippen LogP contribution in [0.4, 0.5) is 0 Å². The lowest BCUT2D eigenvalue weighted by molar-refractivity contribution is 0.316. The zero-order valence-electron chi connectivity index (χ0n) is 13.0. The molecule has 1 aliphatic carbocycles. The molecule has 1 aromatic carbocycles. The van der Waals surface area contributed by atoms with Crippen molar-refractivity contribution in [3.63, 3.8) is 0 Å². The topological polar surface area (TPSA) is 21.3 Å². The van der Waals surface area contributed by atoms with Gasteiger partial charge < -0.3 is 10.1 Å². The Kier molecular flexibility index (Phi) is 6.38. The monoisotopic (exact) mass is 275 g/mol. The quantitative estimate of drug-likeness (QED) is 0.742. The average Bonchev–Trinajstić information content (AvgIpc) is 2.98.